The molecule has 17 heavy (non-hydrogen) atoms. The summed E-state index contributed by atoms with van der Waals surface area (Å²) in [5.74, 6) is -0.938. The minimum Gasteiger partial charge on any atom is -0.493 e. The number of benzene rings is 1. The number of hydrogen-bond donors (Lipinski definition) is 3. The van der Waals surface area contributed by atoms with Crippen molar-refractivity contribution in [2.75, 3.05) is 6.61 Å². The fourth-order valence-corrected chi connectivity index (χ4v) is 1.32. The second-order valence-corrected chi connectivity index (χ2v) is 3.64. The highest BCUT2D eigenvalue weighted by Crippen LogP contribution is 2.17. The summed E-state index contributed by atoms with van der Waals surface area (Å²) in [5, 5.41) is 27.0. The Morgan fingerprint density at radius 1 is 1.41 bits per heavy atom. The van der Waals surface area contributed by atoms with Crippen LogP contribution in [0.2, 0.25) is 0 Å². The molecule has 0 saturated heterocycles. The molecular weight excluding hydrogens is 223 g/mol. The van der Waals surface area contributed by atoms with Crippen LogP contribution in [0, 0.1) is 0 Å². The monoisotopic (exact) mass is 238 g/mol. The van der Waals surface area contributed by atoms with E-state index in [1.54, 1.807) is 0 Å². The van der Waals surface area contributed by atoms with Gasteiger partial charge in [-0.2, -0.15) is 0 Å². The predicted octanol–water partition coefficient (Wildman–Crippen LogP) is 0.243. The summed E-state index contributed by atoms with van der Waals surface area (Å²) >= 11 is 0. The second-order valence-electron chi connectivity index (χ2n) is 3.64. The lowest BCUT2D eigenvalue weighted by molar-refractivity contribution is 0.0692. The van der Waals surface area contributed by atoms with Gasteiger partial charge in [-0.25, -0.2) is 4.79 Å². The molecule has 1 aromatic rings. The third kappa shape index (κ3) is 3.76. The predicted molar refractivity (Wildman–Crippen MR) is 63.6 cm³/mol. The zero-order valence-corrected chi connectivity index (χ0v) is 9.59. The number of aromatic carboxylic acids is 1. The quantitative estimate of drug-likeness (QED) is 0.488. The van der Waals surface area contributed by atoms with Gasteiger partial charge >= 0.3 is 13.1 Å². The Balaban J connectivity index is 2.94. The molecule has 0 amide bonds. The van der Waals surface area contributed by atoms with Gasteiger partial charge in [-0.05, 0) is 24.0 Å². The van der Waals surface area contributed by atoms with Crippen molar-refractivity contribution >= 4 is 18.6 Å². The number of carboxylic acids is 1. The van der Waals surface area contributed by atoms with Crippen LogP contribution >= 0.6 is 0 Å². The largest absolute Gasteiger partial charge is 0.493 e. The van der Waals surface area contributed by atoms with Gasteiger partial charge < -0.3 is 19.9 Å². The van der Waals surface area contributed by atoms with E-state index in [-0.39, 0.29) is 16.8 Å². The van der Waals surface area contributed by atoms with Crippen LogP contribution in [-0.2, 0) is 0 Å². The van der Waals surface area contributed by atoms with Crippen molar-refractivity contribution in [1.29, 1.82) is 0 Å². The average molecular weight is 238 g/mol. The molecule has 0 heterocycles. The van der Waals surface area contributed by atoms with E-state index >= 15 is 0 Å². The van der Waals surface area contributed by atoms with E-state index < -0.39 is 13.1 Å². The average Bonchev–Trinajstić information content (AvgIpc) is 2.28. The zero-order valence-electron chi connectivity index (χ0n) is 9.59. The topological polar surface area (TPSA) is 87.0 Å². The Hall–Kier alpha value is -1.53. The van der Waals surface area contributed by atoms with Gasteiger partial charge in [0.05, 0.1) is 6.61 Å². The van der Waals surface area contributed by atoms with Gasteiger partial charge in [0.1, 0.15) is 11.3 Å². The Labute approximate surface area is 99.8 Å². The smallest absolute Gasteiger partial charge is 0.488 e. The van der Waals surface area contributed by atoms with Gasteiger partial charge in [-0.3, -0.25) is 0 Å². The molecule has 0 saturated carbocycles. The van der Waals surface area contributed by atoms with E-state index in [4.69, 9.17) is 19.9 Å². The first-order valence-electron chi connectivity index (χ1n) is 5.42. The molecule has 6 heteroatoms. The van der Waals surface area contributed by atoms with Crippen LogP contribution in [0.4, 0.5) is 0 Å². The molecule has 0 aromatic heterocycles. The van der Waals surface area contributed by atoms with Crippen molar-refractivity contribution < 1.29 is 24.7 Å². The summed E-state index contributed by atoms with van der Waals surface area (Å²) in [6, 6.07) is 3.99. The normalized spacial score (nSPS) is 10.1. The molecular formula is C11H15BO5. The number of unbranched alkanes of at least 4 members (excludes halogenated alkanes) is 1. The zero-order chi connectivity index (χ0) is 12.8. The maximum atomic E-state index is 10.9. The number of rotatable bonds is 6. The van der Waals surface area contributed by atoms with Crippen molar-refractivity contribution in [3.8, 4) is 5.75 Å². The first kappa shape index (κ1) is 13.5. The molecule has 1 rings (SSSR count). The van der Waals surface area contributed by atoms with Crippen LogP contribution in [0.15, 0.2) is 18.2 Å². The van der Waals surface area contributed by atoms with E-state index in [1.807, 2.05) is 6.92 Å². The lowest BCUT2D eigenvalue weighted by Gasteiger charge is -2.10. The maximum Gasteiger partial charge on any atom is 0.488 e. The van der Waals surface area contributed by atoms with Gasteiger partial charge in [0.2, 0.25) is 0 Å². The standard InChI is InChI=1S/C11H15BO5/c1-2-3-6-17-10-7-8(12(15)16)4-5-9(10)11(13)14/h4-5,7,15-16H,2-3,6H2,1H3,(H,13,14). The molecule has 0 aliphatic rings. The highest BCUT2D eigenvalue weighted by molar-refractivity contribution is 6.58. The number of carbonyl (C=O) groups is 1. The fraction of sp³-hybridized carbons (Fsp3) is 0.364. The minimum atomic E-state index is -1.63. The van der Waals surface area contributed by atoms with E-state index in [1.165, 1.54) is 18.2 Å². The van der Waals surface area contributed by atoms with Gasteiger partial charge in [-0.1, -0.05) is 19.4 Å². The first-order chi connectivity index (χ1) is 8.06. The molecule has 0 aliphatic heterocycles. The first-order valence-corrected chi connectivity index (χ1v) is 5.42. The van der Waals surface area contributed by atoms with Crippen LogP contribution in [0.3, 0.4) is 0 Å². The van der Waals surface area contributed by atoms with Crippen molar-refractivity contribution in [1.82, 2.24) is 0 Å². The molecule has 0 radical (unpaired) electrons. The summed E-state index contributed by atoms with van der Waals surface area (Å²) in [7, 11) is -1.63. The lowest BCUT2D eigenvalue weighted by atomic mass is 9.80. The molecule has 0 bridgehead atoms. The van der Waals surface area contributed by atoms with Crippen molar-refractivity contribution in [3.05, 3.63) is 23.8 Å². The van der Waals surface area contributed by atoms with Crippen LogP contribution < -0.4 is 10.2 Å². The van der Waals surface area contributed by atoms with E-state index in [0.29, 0.717) is 6.61 Å². The number of hydrogen-bond acceptors (Lipinski definition) is 4. The van der Waals surface area contributed by atoms with Gasteiger partial charge in [0.15, 0.2) is 0 Å². The molecule has 0 fully saturated rings. The van der Waals surface area contributed by atoms with Crippen LogP contribution in [0.25, 0.3) is 0 Å². The summed E-state index contributed by atoms with van der Waals surface area (Å²) in [6.45, 7) is 2.40. The summed E-state index contributed by atoms with van der Waals surface area (Å²) in [4.78, 5) is 10.9. The minimum absolute atomic E-state index is 0.0190. The Kier molecular flexibility index (Phi) is 4.99. The molecule has 0 atom stereocenters. The fourth-order valence-electron chi connectivity index (χ4n) is 1.32. The van der Waals surface area contributed by atoms with Gasteiger partial charge in [0.25, 0.3) is 0 Å². The van der Waals surface area contributed by atoms with E-state index in [0.717, 1.165) is 12.8 Å². The Morgan fingerprint density at radius 3 is 2.65 bits per heavy atom. The van der Waals surface area contributed by atoms with E-state index in [9.17, 15) is 4.79 Å². The van der Waals surface area contributed by atoms with Crippen molar-refractivity contribution in [3.63, 3.8) is 0 Å². The summed E-state index contributed by atoms with van der Waals surface area (Å²) in [5.41, 5.74) is 0.229. The SMILES string of the molecule is CCCCOc1cc(B(O)O)ccc1C(=O)O. The van der Waals surface area contributed by atoms with Crippen LogP contribution in [0.5, 0.6) is 5.75 Å². The molecule has 92 valence electrons. The van der Waals surface area contributed by atoms with Gasteiger partial charge in [-0.15, -0.1) is 0 Å². The molecule has 1 aromatic carbocycles. The number of carboxylic acid groups (broad SMARTS) is 1. The van der Waals surface area contributed by atoms with Crippen molar-refractivity contribution in [2.24, 2.45) is 0 Å². The van der Waals surface area contributed by atoms with Crippen molar-refractivity contribution in [2.45, 2.75) is 19.8 Å². The molecule has 0 spiro atoms. The lowest BCUT2D eigenvalue weighted by Crippen LogP contribution is -2.30. The summed E-state index contributed by atoms with van der Waals surface area (Å²) in [6.07, 6.45) is 1.75. The molecule has 0 unspecified atom stereocenters. The third-order valence-electron chi connectivity index (χ3n) is 2.29. The number of ether oxygens (including phenoxy) is 1. The third-order valence-corrected chi connectivity index (χ3v) is 2.29. The van der Waals surface area contributed by atoms with Crippen LogP contribution in [0.1, 0.15) is 30.1 Å². The highest BCUT2D eigenvalue weighted by atomic mass is 16.5. The summed E-state index contributed by atoms with van der Waals surface area (Å²) < 4.78 is 5.33. The maximum absolute atomic E-state index is 10.9. The molecule has 0 aliphatic carbocycles. The molecule has 3 N–H and O–H groups in total. The highest BCUT2D eigenvalue weighted by Gasteiger charge is 2.17. The van der Waals surface area contributed by atoms with Gasteiger partial charge in [0, 0.05) is 0 Å². The Morgan fingerprint density at radius 2 is 2.12 bits per heavy atom. The molecule has 5 nitrogen and oxygen atoms in total. The second kappa shape index (κ2) is 6.27. The Bertz CT molecular complexity index is 391. The van der Waals surface area contributed by atoms with Crippen LogP contribution in [-0.4, -0.2) is 34.8 Å². The van der Waals surface area contributed by atoms with E-state index in [2.05, 4.69) is 0 Å².